The Hall–Kier alpha value is -3.02. The predicted octanol–water partition coefficient (Wildman–Crippen LogP) is 3.21. The van der Waals surface area contributed by atoms with Gasteiger partial charge in [0.1, 0.15) is 13.2 Å². The number of amides is 1. The van der Waals surface area contributed by atoms with E-state index < -0.39 is 5.97 Å². The van der Waals surface area contributed by atoms with Crippen molar-refractivity contribution in [3.8, 4) is 11.5 Å². The summed E-state index contributed by atoms with van der Waals surface area (Å²) >= 11 is 0. The molecule has 1 unspecified atom stereocenters. The lowest BCUT2D eigenvalue weighted by Crippen LogP contribution is -2.33. The molecule has 0 saturated heterocycles. The smallest absolute Gasteiger partial charge is 0.335 e. The molecule has 0 aliphatic carbocycles. The fourth-order valence-corrected chi connectivity index (χ4v) is 3.17. The van der Waals surface area contributed by atoms with Crippen LogP contribution in [0.25, 0.3) is 0 Å². The first-order chi connectivity index (χ1) is 13.0. The summed E-state index contributed by atoms with van der Waals surface area (Å²) in [4.78, 5) is 23.9. The fraction of sp³-hybridized carbons (Fsp3) is 0.333. The van der Waals surface area contributed by atoms with Crippen molar-refractivity contribution < 1.29 is 24.2 Å². The van der Waals surface area contributed by atoms with Crippen LogP contribution in [-0.4, -0.2) is 30.2 Å². The number of hydrogen-bond donors (Lipinski definition) is 2. The molecule has 6 heteroatoms. The first-order valence-corrected chi connectivity index (χ1v) is 8.96. The zero-order valence-electron chi connectivity index (χ0n) is 15.4. The Morgan fingerprint density at radius 3 is 2.48 bits per heavy atom. The zero-order valence-corrected chi connectivity index (χ0v) is 15.4. The standard InChI is InChI=1S/C21H23NO5/c1-13(2)20(15-7-8-17-18(11-15)27-10-9-26-17)22-19(23)12-14-5-3-4-6-16(14)21(24)25/h3-8,11,13,20H,9-10,12H2,1-2H3,(H,22,23)(H,24,25). The molecule has 0 spiro atoms. The molecular formula is C21H23NO5. The first-order valence-electron chi connectivity index (χ1n) is 8.96. The molecule has 2 N–H and O–H groups in total. The van der Waals surface area contributed by atoms with Gasteiger partial charge in [0.2, 0.25) is 5.91 Å². The minimum absolute atomic E-state index is 0.0102. The van der Waals surface area contributed by atoms with Crippen LogP contribution in [0.1, 0.15) is 41.4 Å². The van der Waals surface area contributed by atoms with Crippen LogP contribution in [0.15, 0.2) is 42.5 Å². The van der Waals surface area contributed by atoms with Crippen LogP contribution in [0.2, 0.25) is 0 Å². The number of carbonyl (C=O) groups excluding carboxylic acids is 1. The normalized spacial score (nSPS) is 13.9. The maximum Gasteiger partial charge on any atom is 0.335 e. The van der Waals surface area contributed by atoms with Gasteiger partial charge in [-0.2, -0.15) is 0 Å². The van der Waals surface area contributed by atoms with Crippen LogP contribution in [-0.2, 0) is 11.2 Å². The van der Waals surface area contributed by atoms with Gasteiger partial charge < -0.3 is 19.9 Å². The maximum atomic E-state index is 12.6. The van der Waals surface area contributed by atoms with E-state index in [0.29, 0.717) is 30.3 Å². The van der Waals surface area contributed by atoms with E-state index in [4.69, 9.17) is 9.47 Å². The molecule has 142 valence electrons. The molecule has 3 rings (SSSR count). The van der Waals surface area contributed by atoms with Crippen LogP contribution in [0, 0.1) is 5.92 Å². The summed E-state index contributed by atoms with van der Waals surface area (Å²) in [5.41, 5.74) is 1.56. The summed E-state index contributed by atoms with van der Waals surface area (Å²) in [6.07, 6.45) is 0.0102. The minimum atomic E-state index is -1.04. The second-order valence-electron chi connectivity index (χ2n) is 6.83. The number of aromatic carboxylic acids is 1. The van der Waals surface area contributed by atoms with Gasteiger partial charge in [-0.25, -0.2) is 4.79 Å². The highest BCUT2D eigenvalue weighted by atomic mass is 16.6. The maximum absolute atomic E-state index is 12.6. The van der Waals surface area contributed by atoms with E-state index in [0.717, 1.165) is 5.56 Å². The molecule has 2 aromatic carbocycles. The molecule has 6 nitrogen and oxygen atoms in total. The number of ether oxygens (including phenoxy) is 2. The summed E-state index contributed by atoms with van der Waals surface area (Å²) < 4.78 is 11.2. The van der Waals surface area contributed by atoms with Crippen molar-refractivity contribution in [2.45, 2.75) is 26.3 Å². The molecule has 0 bridgehead atoms. The molecule has 1 aliphatic rings. The van der Waals surface area contributed by atoms with Crippen molar-refractivity contribution in [1.29, 1.82) is 0 Å². The van der Waals surface area contributed by atoms with Crippen LogP contribution in [0.4, 0.5) is 0 Å². The summed E-state index contributed by atoms with van der Waals surface area (Å²) in [5, 5.41) is 12.3. The number of nitrogens with one attached hydrogen (secondary N) is 1. The second kappa shape index (κ2) is 8.12. The summed E-state index contributed by atoms with van der Waals surface area (Å²) in [5.74, 6) is 0.262. The molecule has 0 saturated carbocycles. The third kappa shape index (κ3) is 4.39. The first kappa shape index (κ1) is 18.8. The van der Waals surface area contributed by atoms with E-state index in [9.17, 15) is 14.7 Å². The monoisotopic (exact) mass is 369 g/mol. The SMILES string of the molecule is CC(C)C(NC(=O)Cc1ccccc1C(=O)O)c1ccc2c(c1)OCCO2. The molecule has 2 aromatic rings. The lowest BCUT2D eigenvalue weighted by molar-refractivity contribution is -0.121. The van der Waals surface area contributed by atoms with E-state index in [-0.39, 0.29) is 29.9 Å². The van der Waals surface area contributed by atoms with Crippen molar-refractivity contribution in [2.75, 3.05) is 13.2 Å². The third-order valence-electron chi connectivity index (χ3n) is 4.51. The molecule has 27 heavy (non-hydrogen) atoms. The molecule has 0 aromatic heterocycles. The highest BCUT2D eigenvalue weighted by molar-refractivity contribution is 5.91. The van der Waals surface area contributed by atoms with Crippen molar-refractivity contribution in [2.24, 2.45) is 5.92 Å². The molecule has 1 aliphatic heterocycles. The quantitative estimate of drug-likeness (QED) is 0.817. The van der Waals surface area contributed by atoms with Crippen molar-refractivity contribution >= 4 is 11.9 Å². The zero-order chi connectivity index (χ0) is 19.4. The van der Waals surface area contributed by atoms with Crippen molar-refractivity contribution in [3.05, 3.63) is 59.2 Å². The van der Waals surface area contributed by atoms with Gasteiger partial charge in [0.25, 0.3) is 0 Å². The van der Waals surface area contributed by atoms with E-state index in [1.807, 2.05) is 32.0 Å². The molecule has 1 amide bonds. The molecule has 0 radical (unpaired) electrons. The number of fused-ring (bicyclic) bond motifs is 1. The number of carbonyl (C=O) groups is 2. The van der Waals surface area contributed by atoms with Crippen molar-refractivity contribution in [1.82, 2.24) is 5.32 Å². The summed E-state index contributed by atoms with van der Waals surface area (Å²) in [7, 11) is 0. The van der Waals surface area contributed by atoms with Gasteiger partial charge in [-0.1, -0.05) is 38.1 Å². The predicted molar refractivity (Wildman–Crippen MR) is 100 cm³/mol. The van der Waals surface area contributed by atoms with Gasteiger partial charge >= 0.3 is 5.97 Å². The van der Waals surface area contributed by atoms with Crippen LogP contribution >= 0.6 is 0 Å². The lowest BCUT2D eigenvalue weighted by atomic mass is 9.95. The highest BCUT2D eigenvalue weighted by Crippen LogP contribution is 2.34. The second-order valence-corrected chi connectivity index (χ2v) is 6.83. The average Bonchev–Trinajstić information content (AvgIpc) is 2.65. The van der Waals surface area contributed by atoms with E-state index in [1.165, 1.54) is 6.07 Å². The number of carboxylic acid groups (broad SMARTS) is 1. The van der Waals surface area contributed by atoms with Crippen LogP contribution in [0.5, 0.6) is 11.5 Å². The number of benzene rings is 2. The van der Waals surface area contributed by atoms with Crippen LogP contribution < -0.4 is 14.8 Å². The molecule has 0 fully saturated rings. The Bertz CT molecular complexity index is 846. The Kier molecular flexibility index (Phi) is 5.64. The number of rotatable bonds is 6. The van der Waals surface area contributed by atoms with Gasteiger partial charge in [-0.15, -0.1) is 0 Å². The van der Waals surface area contributed by atoms with Crippen LogP contribution in [0.3, 0.4) is 0 Å². The minimum Gasteiger partial charge on any atom is -0.486 e. The Morgan fingerprint density at radius 1 is 1.07 bits per heavy atom. The Morgan fingerprint density at radius 2 is 1.78 bits per heavy atom. The van der Waals surface area contributed by atoms with E-state index in [1.54, 1.807) is 18.2 Å². The molecule has 1 heterocycles. The molecular weight excluding hydrogens is 346 g/mol. The lowest BCUT2D eigenvalue weighted by Gasteiger charge is -2.25. The third-order valence-corrected chi connectivity index (χ3v) is 4.51. The van der Waals surface area contributed by atoms with E-state index >= 15 is 0 Å². The fourth-order valence-electron chi connectivity index (χ4n) is 3.17. The van der Waals surface area contributed by atoms with E-state index in [2.05, 4.69) is 5.32 Å². The summed E-state index contributed by atoms with van der Waals surface area (Å²) in [6.45, 7) is 5.07. The van der Waals surface area contributed by atoms with Crippen molar-refractivity contribution in [3.63, 3.8) is 0 Å². The summed E-state index contributed by atoms with van der Waals surface area (Å²) in [6, 6.07) is 12.0. The Labute approximate surface area is 158 Å². The number of hydrogen-bond acceptors (Lipinski definition) is 4. The topological polar surface area (TPSA) is 84.9 Å². The highest BCUT2D eigenvalue weighted by Gasteiger charge is 2.22. The number of carboxylic acids is 1. The van der Waals surface area contributed by atoms with Gasteiger partial charge in [-0.05, 0) is 35.2 Å². The Balaban J connectivity index is 1.77. The van der Waals surface area contributed by atoms with Gasteiger partial charge in [-0.3, -0.25) is 4.79 Å². The van der Waals surface area contributed by atoms with Gasteiger partial charge in [0.05, 0.1) is 18.0 Å². The van der Waals surface area contributed by atoms with Gasteiger partial charge in [0.15, 0.2) is 11.5 Å². The van der Waals surface area contributed by atoms with Gasteiger partial charge in [0, 0.05) is 0 Å². The average molecular weight is 369 g/mol. The molecule has 1 atom stereocenters. The largest absolute Gasteiger partial charge is 0.486 e.